The molecule has 0 aromatic heterocycles. The van der Waals surface area contributed by atoms with Gasteiger partial charge in [0.2, 0.25) is 0 Å². The van der Waals surface area contributed by atoms with Gasteiger partial charge in [-0.05, 0) is 37.4 Å². The summed E-state index contributed by atoms with van der Waals surface area (Å²) in [4.78, 5) is 0. The Morgan fingerprint density at radius 1 is 1.18 bits per heavy atom. The van der Waals surface area contributed by atoms with Crippen molar-refractivity contribution in [3.05, 3.63) is 34.9 Å². The van der Waals surface area contributed by atoms with E-state index in [-0.39, 0.29) is 11.5 Å². The van der Waals surface area contributed by atoms with E-state index < -0.39 is 11.6 Å². The zero-order valence-electron chi connectivity index (χ0n) is 11.2. The molecule has 0 heterocycles. The van der Waals surface area contributed by atoms with Gasteiger partial charge < -0.3 is 5.32 Å². The second-order valence-corrected chi connectivity index (χ2v) is 5.73. The molecular weight excluding hydrogens is 220 g/mol. The Morgan fingerprint density at radius 2 is 1.76 bits per heavy atom. The maximum atomic E-state index is 13.8. The maximum absolute atomic E-state index is 13.8. The van der Waals surface area contributed by atoms with E-state index in [1.54, 1.807) is 20.0 Å². The number of hydrogen-bond donors (Lipinski definition) is 1. The van der Waals surface area contributed by atoms with Crippen LogP contribution in [-0.2, 0) is 0 Å². The van der Waals surface area contributed by atoms with E-state index in [1.807, 2.05) is 0 Å². The quantitative estimate of drug-likeness (QED) is 0.844. The zero-order chi connectivity index (χ0) is 13.2. The van der Waals surface area contributed by atoms with Crippen molar-refractivity contribution in [3.8, 4) is 0 Å². The summed E-state index contributed by atoms with van der Waals surface area (Å²) in [6.07, 6.45) is 0.797. The number of halogens is 2. The van der Waals surface area contributed by atoms with Gasteiger partial charge in [0.1, 0.15) is 11.6 Å². The van der Waals surface area contributed by atoms with E-state index in [4.69, 9.17) is 0 Å². The lowest BCUT2D eigenvalue weighted by Gasteiger charge is -2.26. The molecule has 0 saturated carbocycles. The highest BCUT2D eigenvalue weighted by molar-refractivity contribution is 5.28. The van der Waals surface area contributed by atoms with E-state index in [1.165, 1.54) is 0 Å². The largest absolute Gasteiger partial charge is 0.313 e. The van der Waals surface area contributed by atoms with Crippen LogP contribution in [0.15, 0.2) is 12.1 Å². The van der Waals surface area contributed by atoms with Crippen LogP contribution in [0.3, 0.4) is 0 Å². The first kappa shape index (κ1) is 14.1. The van der Waals surface area contributed by atoms with Gasteiger partial charge in [-0.15, -0.1) is 0 Å². The van der Waals surface area contributed by atoms with Crippen LogP contribution >= 0.6 is 0 Å². The molecule has 3 heteroatoms. The van der Waals surface area contributed by atoms with Crippen LogP contribution in [0.2, 0.25) is 0 Å². The second-order valence-electron chi connectivity index (χ2n) is 5.73. The minimum atomic E-state index is -0.489. The molecule has 0 aliphatic carbocycles. The fourth-order valence-corrected chi connectivity index (χ4v) is 1.93. The topological polar surface area (TPSA) is 12.0 Å². The average molecular weight is 241 g/mol. The number of rotatable bonds is 3. The molecule has 0 amide bonds. The predicted octanol–water partition coefficient (Wildman–Crippen LogP) is 3.97. The zero-order valence-corrected chi connectivity index (χ0v) is 11.2. The summed E-state index contributed by atoms with van der Waals surface area (Å²) in [7, 11) is 1.80. The van der Waals surface area contributed by atoms with Gasteiger partial charge >= 0.3 is 0 Å². The fraction of sp³-hybridized carbons (Fsp3) is 0.571. The van der Waals surface area contributed by atoms with Gasteiger partial charge in [-0.2, -0.15) is 0 Å². The molecule has 0 radical (unpaired) electrons. The number of benzene rings is 1. The molecule has 96 valence electrons. The molecular formula is C14H21F2N. The van der Waals surface area contributed by atoms with E-state index in [2.05, 4.69) is 26.1 Å². The summed E-state index contributed by atoms with van der Waals surface area (Å²) in [6.45, 7) is 7.96. The Hall–Kier alpha value is -0.960. The summed E-state index contributed by atoms with van der Waals surface area (Å²) in [5, 5.41) is 3.10. The molecule has 0 aliphatic rings. The Kier molecular flexibility index (Phi) is 4.26. The minimum Gasteiger partial charge on any atom is -0.313 e. The average Bonchev–Trinajstić information content (AvgIpc) is 2.19. The molecule has 1 aromatic rings. The molecule has 1 unspecified atom stereocenters. The van der Waals surface area contributed by atoms with Gasteiger partial charge in [0.15, 0.2) is 0 Å². The lowest BCUT2D eigenvalue weighted by atomic mass is 9.85. The first-order valence-electron chi connectivity index (χ1n) is 5.87. The van der Waals surface area contributed by atoms with E-state index in [9.17, 15) is 8.78 Å². The van der Waals surface area contributed by atoms with Gasteiger partial charge in [0, 0.05) is 17.7 Å². The van der Waals surface area contributed by atoms with Gasteiger partial charge in [0.05, 0.1) is 0 Å². The lowest BCUT2D eigenvalue weighted by molar-refractivity contribution is 0.316. The van der Waals surface area contributed by atoms with Crippen LogP contribution in [0.1, 0.15) is 44.4 Å². The molecule has 1 nitrogen and oxygen atoms in total. The Bertz CT molecular complexity index is 394. The standard InChI is InChI=1S/C14H21F2N/c1-9-6-10(12(16)7-11(9)15)13(17-5)8-14(2,3)4/h6-7,13,17H,8H2,1-5H3. The molecule has 0 saturated heterocycles. The summed E-state index contributed by atoms with van der Waals surface area (Å²) >= 11 is 0. The molecule has 1 aromatic carbocycles. The van der Waals surface area contributed by atoms with Crippen LogP contribution in [-0.4, -0.2) is 7.05 Å². The Balaban J connectivity index is 3.08. The van der Waals surface area contributed by atoms with Crippen LogP contribution in [0.4, 0.5) is 8.78 Å². The molecule has 1 atom stereocenters. The molecule has 1 N–H and O–H groups in total. The number of hydrogen-bond acceptors (Lipinski definition) is 1. The highest BCUT2D eigenvalue weighted by atomic mass is 19.1. The highest BCUT2D eigenvalue weighted by Gasteiger charge is 2.22. The maximum Gasteiger partial charge on any atom is 0.130 e. The third kappa shape index (κ3) is 3.77. The van der Waals surface area contributed by atoms with Crippen molar-refractivity contribution in [3.63, 3.8) is 0 Å². The Labute approximate surface area is 102 Å². The first-order valence-corrected chi connectivity index (χ1v) is 5.87. The molecule has 0 spiro atoms. The van der Waals surface area contributed by atoms with Crippen molar-refractivity contribution in [2.24, 2.45) is 5.41 Å². The Morgan fingerprint density at radius 3 is 2.24 bits per heavy atom. The van der Waals surface area contributed by atoms with Crippen LogP contribution in [0.5, 0.6) is 0 Å². The normalized spacial score (nSPS) is 13.8. The molecule has 0 bridgehead atoms. The molecule has 17 heavy (non-hydrogen) atoms. The highest BCUT2D eigenvalue weighted by Crippen LogP contribution is 2.31. The smallest absolute Gasteiger partial charge is 0.130 e. The van der Waals surface area contributed by atoms with Gasteiger partial charge in [-0.1, -0.05) is 20.8 Å². The number of nitrogens with one attached hydrogen (secondary N) is 1. The third-order valence-electron chi connectivity index (χ3n) is 2.82. The SMILES string of the molecule is CNC(CC(C)(C)C)c1cc(C)c(F)cc1F. The molecule has 1 rings (SSSR count). The second kappa shape index (κ2) is 5.13. The van der Waals surface area contributed by atoms with E-state index in [0.29, 0.717) is 11.1 Å². The summed E-state index contributed by atoms with van der Waals surface area (Å²) in [5.41, 5.74) is 1.11. The van der Waals surface area contributed by atoms with Gasteiger partial charge in [-0.25, -0.2) is 8.78 Å². The van der Waals surface area contributed by atoms with Crippen molar-refractivity contribution in [2.75, 3.05) is 7.05 Å². The van der Waals surface area contributed by atoms with Crippen molar-refractivity contribution < 1.29 is 8.78 Å². The predicted molar refractivity (Wildman–Crippen MR) is 67.0 cm³/mol. The van der Waals surface area contributed by atoms with Crippen molar-refractivity contribution in [2.45, 2.75) is 40.2 Å². The van der Waals surface area contributed by atoms with Crippen LogP contribution in [0, 0.1) is 24.0 Å². The molecule has 0 fully saturated rings. The van der Waals surface area contributed by atoms with Crippen LogP contribution < -0.4 is 5.32 Å². The molecule has 0 aliphatic heterocycles. The first-order chi connectivity index (χ1) is 7.74. The monoisotopic (exact) mass is 241 g/mol. The number of aryl methyl sites for hydroxylation is 1. The van der Waals surface area contributed by atoms with Crippen molar-refractivity contribution in [1.82, 2.24) is 5.32 Å². The van der Waals surface area contributed by atoms with Gasteiger partial charge in [0.25, 0.3) is 0 Å². The van der Waals surface area contributed by atoms with Crippen molar-refractivity contribution in [1.29, 1.82) is 0 Å². The fourth-order valence-electron chi connectivity index (χ4n) is 1.93. The minimum absolute atomic E-state index is 0.0857. The van der Waals surface area contributed by atoms with Gasteiger partial charge in [-0.3, -0.25) is 0 Å². The summed E-state index contributed by atoms with van der Waals surface area (Å²) in [6, 6.07) is 2.48. The third-order valence-corrected chi connectivity index (χ3v) is 2.82. The van der Waals surface area contributed by atoms with E-state index >= 15 is 0 Å². The summed E-state index contributed by atoms with van der Waals surface area (Å²) in [5.74, 6) is -0.964. The summed E-state index contributed by atoms with van der Waals surface area (Å²) < 4.78 is 27.0. The van der Waals surface area contributed by atoms with Crippen molar-refractivity contribution >= 4 is 0 Å². The van der Waals surface area contributed by atoms with Crippen LogP contribution in [0.25, 0.3) is 0 Å². The lowest BCUT2D eigenvalue weighted by Crippen LogP contribution is -2.23. The van der Waals surface area contributed by atoms with E-state index in [0.717, 1.165) is 12.5 Å².